The predicted octanol–water partition coefficient (Wildman–Crippen LogP) is 4.11. The van der Waals surface area contributed by atoms with E-state index in [9.17, 15) is 0 Å². The normalized spacial score (nSPS) is 21.6. The number of hydrogen-bond acceptors (Lipinski definition) is 1. The molecule has 1 saturated carbocycles. The average molecular weight is 211 g/mol. The average Bonchev–Trinajstić information content (AvgIpc) is 2.17. The third kappa shape index (κ3) is 5.01. The molecule has 0 aliphatic heterocycles. The zero-order valence-electron chi connectivity index (χ0n) is 10.9. The summed E-state index contributed by atoms with van der Waals surface area (Å²) in [5, 5.41) is 0. The highest BCUT2D eigenvalue weighted by atomic mass is 14.6. The molecule has 0 unspecified atom stereocenters. The first-order chi connectivity index (χ1) is 7.03. The van der Waals surface area contributed by atoms with Crippen LogP contribution in [0.3, 0.4) is 0 Å². The van der Waals surface area contributed by atoms with Gasteiger partial charge >= 0.3 is 0 Å². The van der Waals surface area contributed by atoms with Crippen molar-refractivity contribution in [3.05, 3.63) is 0 Å². The van der Waals surface area contributed by atoms with E-state index in [1.807, 2.05) is 0 Å². The molecule has 1 fully saturated rings. The molecule has 1 nitrogen and oxygen atoms in total. The second-order valence-electron chi connectivity index (χ2n) is 6.24. The van der Waals surface area contributed by atoms with E-state index in [0.717, 1.165) is 12.3 Å². The van der Waals surface area contributed by atoms with E-state index in [2.05, 4.69) is 20.8 Å². The Bertz CT molecular complexity index is 168. The van der Waals surface area contributed by atoms with E-state index in [1.54, 1.807) is 0 Å². The Kier molecular flexibility index (Phi) is 5.11. The minimum absolute atomic E-state index is 0.406. The molecule has 15 heavy (non-hydrogen) atoms. The van der Waals surface area contributed by atoms with Crippen LogP contribution < -0.4 is 5.73 Å². The van der Waals surface area contributed by atoms with Crippen molar-refractivity contribution in [3.63, 3.8) is 0 Å². The summed E-state index contributed by atoms with van der Waals surface area (Å²) in [6, 6.07) is 0.406. The molecule has 0 spiro atoms. The molecule has 0 heterocycles. The first kappa shape index (κ1) is 13.0. The summed E-state index contributed by atoms with van der Waals surface area (Å²) < 4.78 is 0. The van der Waals surface area contributed by atoms with Crippen molar-refractivity contribution in [2.24, 2.45) is 17.1 Å². The van der Waals surface area contributed by atoms with Gasteiger partial charge in [0.2, 0.25) is 0 Å². The largest absolute Gasteiger partial charge is 0.328 e. The Balaban J connectivity index is 2.33. The third-order valence-corrected chi connectivity index (χ3v) is 3.91. The van der Waals surface area contributed by atoms with Crippen molar-refractivity contribution in [2.75, 3.05) is 0 Å². The van der Waals surface area contributed by atoms with Crippen LogP contribution in [0.4, 0.5) is 0 Å². The fourth-order valence-corrected chi connectivity index (χ4v) is 3.11. The van der Waals surface area contributed by atoms with Gasteiger partial charge in [0.1, 0.15) is 0 Å². The molecule has 0 aromatic carbocycles. The molecule has 0 radical (unpaired) electrons. The van der Waals surface area contributed by atoms with Crippen LogP contribution in [0.1, 0.15) is 72.1 Å². The molecule has 0 bridgehead atoms. The number of rotatable bonds is 5. The molecule has 1 atom stereocenters. The fourth-order valence-electron chi connectivity index (χ4n) is 3.11. The minimum atomic E-state index is 0.406. The van der Waals surface area contributed by atoms with Gasteiger partial charge in [-0.15, -0.1) is 0 Å². The van der Waals surface area contributed by atoms with Crippen molar-refractivity contribution < 1.29 is 0 Å². The molecule has 1 aliphatic carbocycles. The van der Waals surface area contributed by atoms with Gasteiger partial charge in [0.15, 0.2) is 0 Å². The maximum Gasteiger partial charge on any atom is 0.00412 e. The quantitative estimate of drug-likeness (QED) is 0.727. The summed E-state index contributed by atoms with van der Waals surface area (Å²) in [5.74, 6) is 0.984. The maximum atomic E-state index is 6.06. The fraction of sp³-hybridized carbons (Fsp3) is 1.00. The van der Waals surface area contributed by atoms with Gasteiger partial charge in [-0.05, 0) is 30.6 Å². The first-order valence-electron chi connectivity index (χ1n) is 6.79. The van der Waals surface area contributed by atoms with E-state index < -0.39 is 0 Å². The van der Waals surface area contributed by atoms with Gasteiger partial charge in [-0.1, -0.05) is 52.9 Å². The monoisotopic (exact) mass is 211 g/mol. The maximum absolute atomic E-state index is 6.06. The zero-order valence-corrected chi connectivity index (χ0v) is 10.9. The standard InChI is InChI=1S/C14H29N/c1-4-13(15)11-14(2,3)10-12-8-6-5-7-9-12/h12-13H,4-11,15H2,1-3H3/t13-/m0/s1. The Labute approximate surface area is 95.8 Å². The topological polar surface area (TPSA) is 26.0 Å². The molecule has 1 aliphatic rings. The van der Waals surface area contributed by atoms with E-state index in [4.69, 9.17) is 5.73 Å². The Morgan fingerprint density at radius 2 is 1.80 bits per heavy atom. The summed E-state index contributed by atoms with van der Waals surface area (Å²) >= 11 is 0. The van der Waals surface area contributed by atoms with Crippen LogP contribution in [0.25, 0.3) is 0 Å². The minimum Gasteiger partial charge on any atom is -0.328 e. The van der Waals surface area contributed by atoms with E-state index in [1.165, 1.54) is 44.9 Å². The van der Waals surface area contributed by atoms with E-state index in [-0.39, 0.29) is 0 Å². The lowest BCUT2D eigenvalue weighted by Crippen LogP contribution is -2.29. The summed E-state index contributed by atoms with van der Waals surface area (Å²) in [6.07, 6.45) is 11.0. The van der Waals surface area contributed by atoms with E-state index >= 15 is 0 Å². The van der Waals surface area contributed by atoms with Gasteiger partial charge in [-0.2, -0.15) is 0 Å². The van der Waals surface area contributed by atoms with Crippen LogP contribution in [-0.4, -0.2) is 6.04 Å². The summed E-state index contributed by atoms with van der Waals surface area (Å²) in [4.78, 5) is 0. The van der Waals surface area contributed by atoms with Crippen LogP contribution in [0, 0.1) is 11.3 Å². The highest BCUT2D eigenvalue weighted by Gasteiger charge is 2.26. The summed E-state index contributed by atoms with van der Waals surface area (Å²) in [6.45, 7) is 7.00. The summed E-state index contributed by atoms with van der Waals surface area (Å²) in [5.41, 5.74) is 6.52. The molecule has 0 amide bonds. The molecule has 0 aromatic heterocycles. The molecule has 0 saturated heterocycles. The first-order valence-corrected chi connectivity index (χ1v) is 6.79. The third-order valence-electron chi connectivity index (χ3n) is 3.91. The zero-order chi connectivity index (χ0) is 11.3. The summed E-state index contributed by atoms with van der Waals surface area (Å²) in [7, 11) is 0. The molecule has 90 valence electrons. The Morgan fingerprint density at radius 1 is 1.20 bits per heavy atom. The Hall–Kier alpha value is -0.0400. The lowest BCUT2D eigenvalue weighted by molar-refractivity contribution is 0.197. The van der Waals surface area contributed by atoms with Crippen LogP contribution in [0.5, 0.6) is 0 Å². The smallest absolute Gasteiger partial charge is 0.00412 e. The van der Waals surface area contributed by atoms with Crippen molar-refractivity contribution in [1.29, 1.82) is 0 Å². The number of nitrogens with two attached hydrogens (primary N) is 1. The molecule has 1 heteroatoms. The lowest BCUT2D eigenvalue weighted by Gasteiger charge is -2.33. The van der Waals surface area contributed by atoms with Gasteiger partial charge in [0.05, 0.1) is 0 Å². The van der Waals surface area contributed by atoms with Gasteiger partial charge in [0.25, 0.3) is 0 Å². The van der Waals surface area contributed by atoms with Gasteiger partial charge in [-0.3, -0.25) is 0 Å². The molecule has 0 aromatic rings. The SMILES string of the molecule is CC[C@H](N)CC(C)(C)CC1CCCCC1. The van der Waals surface area contributed by atoms with Gasteiger partial charge in [0, 0.05) is 6.04 Å². The second kappa shape index (κ2) is 5.89. The highest BCUT2D eigenvalue weighted by Crippen LogP contribution is 2.37. The van der Waals surface area contributed by atoms with E-state index in [0.29, 0.717) is 11.5 Å². The molecule has 2 N–H and O–H groups in total. The molecular formula is C14H29N. The highest BCUT2D eigenvalue weighted by molar-refractivity contribution is 4.79. The van der Waals surface area contributed by atoms with Gasteiger partial charge in [-0.25, -0.2) is 0 Å². The van der Waals surface area contributed by atoms with Crippen molar-refractivity contribution in [2.45, 2.75) is 78.2 Å². The van der Waals surface area contributed by atoms with Crippen molar-refractivity contribution >= 4 is 0 Å². The van der Waals surface area contributed by atoms with Crippen LogP contribution in [0.15, 0.2) is 0 Å². The second-order valence-corrected chi connectivity index (χ2v) is 6.24. The van der Waals surface area contributed by atoms with Crippen molar-refractivity contribution in [1.82, 2.24) is 0 Å². The van der Waals surface area contributed by atoms with Crippen LogP contribution in [0.2, 0.25) is 0 Å². The molecule has 1 rings (SSSR count). The van der Waals surface area contributed by atoms with Crippen molar-refractivity contribution in [3.8, 4) is 0 Å². The molecular weight excluding hydrogens is 182 g/mol. The van der Waals surface area contributed by atoms with Gasteiger partial charge < -0.3 is 5.73 Å². The predicted molar refractivity (Wildman–Crippen MR) is 67.9 cm³/mol. The van der Waals surface area contributed by atoms with Crippen LogP contribution in [-0.2, 0) is 0 Å². The number of hydrogen-bond donors (Lipinski definition) is 1. The lowest BCUT2D eigenvalue weighted by atomic mass is 9.73. The van der Waals surface area contributed by atoms with Crippen LogP contribution >= 0.6 is 0 Å². The Morgan fingerprint density at radius 3 is 2.33 bits per heavy atom.